The zero-order valence-electron chi connectivity index (χ0n) is 13.7. The maximum Gasteiger partial charge on any atom is 0.270 e. The first kappa shape index (κ1) is 16.7. The number of benzene rings is 1. The SMILES string of the molecule is CCN1C(=S)O/C(=C\c2ccc(-c3cccc(C)c3OC)o2)C1=S. The van der Waals surface area contributed by atoms with Gasteiger partial charge >= 0.3 is 0 Å². The monoisotopic (exact) mass is 359 g/mol. The van der Waals surface area contributed by atoms with E-state index in [4.69, 9.17) is 38.3 Å². The van der Waals surface area contributed by atoms with E-state index in [0.717, 1.165) is 22.6 Å². The molecular weight excluding hydrogens is 342 g/mol. The number of hydrogen-bond acceptors (Lipinski definition) is 5. The van der Waals surface area contributed by atoms with Gasteiger partial charge in [0.25, 0.3) is 5.17 Å². The maximum atomic E-state index is 5.92. The molecule has 1 aliphatic rings. The lowest BCUT2D eigenvalue weighted by molar-refractivity contribution is 0.411. The average Bonchev–Trinajstić information content (AvgIpc) is 3.12. The minimum Gasteiger partial charge on any atom is -0.496 e. The lowest BCUT2D eigenvalue weighted by atomic mass is 10.1. The molecule has 0 radical (unpaired) electrons. The van der Waals surface area contributed by atoms with E-state index in [-0.39, 0.29) is 0 Å². The molecule has 124 valence electrons. The third-order valence-corrected chi connectivity index (χ3v) is 4.50. The molecule has 2 aromatic rings. The summed E-state index contributed by atoms with van der Waals surface area (Å²) in [4.78, 5) is 2.35. The van der Waals surface area contributed by atoms with Gasteiger partial charge in [0.2, 0.25) is 0 Å². The van der Waals surface area contributed by atoms with Crippen molar-refractivity contribution in [2.75, 3.05) is 13.7 Å². The van der Waals surface area contributed by atoms with Crippen molar-refractivity contribution in [3.8, 4) is 17.1 Å². The number of furan rings is 1. The number of likely N-dealkylation sites (N-methyl/N-ethyl adjacent to an activating group) is 1. The van der Waals surface area contributed by atoms with E-state index >= 15 is 0 Å². The number of rotatable bonds is 4. The van der Waals surface area contributed by atoms with Crippen LogP contribution >= 0.6 is 24.4 Å². The summed E-state index contributed by atoms with van der Waals surface area (Å²) in [5.41, 5.74) is 1.96. The van der Waals surface area contributed by atoms with Crippen LogP contribution in [0.1, 0.15) is 18.2 Å². The number of nitrogens with zero attached hydrogens (tertiary/aromatic N) is 1. The van der Waals surface area contributed by atoms with Gasteiger partial charge < -0.3 is 13.9 Å². The standard InChI is InChI=1S/C18H17NO3S2/c1-4-19-17(23)15(22-18(19)24)10-12-8-9-14(21-12)13-7-5-6-11(2)16(13)20-3/h5-10H,4H2,1-3H3/b15-10-. The van der Waals surface area contributed by atoms with Gasteiger partial charge in [-0.15, -0.1) is 0 Å². The highest BCUT2D eigenvalue weighted by molar-refractivity contribution is 7.82. The van der Waals surface area contributed by atoms with Crippen molar-refractivity contribution in [1.29, 1.82) is 0 Å². The van der Waals surface area contributed by atoms with Gasteiger partial charge in [-0.25, -0.2) is 0 Å². The molecule has 0 aliphatic carbocycles. The summed E-state index contributed by atoms with van der Waals surface area (Å²) in [6.07, 6.45) is 1.76. The fraction of sp³-hybridized carbons (Fsp3) is 0.222. The van der Waals surface area contributed by atoms with Crippen molar-refractivity contribution in [3.63, 3.8) is 0 Å². The van der Waals surface area contributed by atoms with Gasteiger partial charge in [-0.05, 0) is 49.8 Å². The molecule has 2 heterocycles. The van der Waals surface area contributed by atoms with Crippen molar-refractivity contribution in [3.05, 3.63) is 47.4 Å². The van der Waals surface area contributed by atoms with Crippen LogP contribution in [0.25, 0.3) is 17.4 Å². The maximum absolute atomic E-state index is 5.92. The number of ether oxygens (including phenoxy) is 2. The largest absolute Gasteiger partial charge is 0.496 e. The molecule has 0 spiro atoms. The topological polar surface area (TPSA) is 34.8 Å². The minimum atomic E-state index is 0.376. The molecule has 0 N–H and O–H groups in total. The molecule has 1 saturated heterocycles. The van der Waals surface area contributed by atoms with Crippen molar-refractivity contribution in [2.45, 2.75) is 13.8 Å². The quantitative estimate of drug-likeness (QED) is 0.588. The van der Waals surface area contributed by atoms with E-state index in [0.29, 0.717) is 28.2 Å². The Morgan fingerprint density at radius 3 is 2.67 bits per heavy atom. The second-order valence-corrected chi connectivity index (χ2v) is 6.02. The van der Waals surface area contributed by atoms with Gasteiger partial charge in [0, 0.05) is 12.6 Å². The lowest BCUT2D eigenvalue weighted by Crippen LogP contribution is -2.26. The average molecular weight is 359 g/mol. The van der Waals surface area contributed by atoms with Crippen molar-refractivity contribution < 1.29 is 13.9 Å². The Hall–Kier alpha value is -2.18. The number of methoxy groups -OCH3 is 1. The number of aryl methyl sites for hydroxylation is 1. The van der Waals surface area contributed by atoms with Crippen LogP contribution in [0.3, 0.4) is 0 Å². The number of thiocarbonyl (C=S) groups is 2. The Morgan fingerprint density at radius 2 is 2.00 bits per heavy atom. The van der Waals surface area contributed by atoms with Gasteiger partial charge in [0.15, 0.2) is 10.7 Å². The molecule has 4 nitrogen and oxygen atoms in total. The van der Waals surface area contributed by atoms with Crippen LogP contribution in [0.2, 0.25) is 0 Å². The summed E-state index contributed by atoms with van der Waals surface area (Å²) in [5, 5.41) is 0.376. The van der Waals surface area contributed by atoms with Gasteiger partial charge in [0.1, 0.15) is 17.3 Å². The molecule has 1 fully saturated rings. The Kier molecular flexibility index (Phi) is 4.69. The molecule has 1 aliphatic heterocycles. The van der Waals surface area contributed by atoms with E-state index in [1.54, 1.807) is 18.1 Å². The predicted octanol–water partition coefficient (Wildman–Crippen LogP) is 4.57. The Morgan fingerprint density at radius 1 is 1.21 bits per heavy atom. The molecule has 1 aromatic carbocycles. The smallest absolute Gasteiger partial charge is 0.270 e. The third-order valence-electron chi connectivity index (χ3n) is 3.77. The van der Waals surface area contributed by atoms with Crippen molar-refractivity contribution in [2.24, 2.45) is 0 Å². The third kappa shape index (κ3) is 2.95. The van der Waals surface area contributed by atoms with Crippen LogP contribution in [0.4, 0.5) is 0 Å². The first-order valence-corrected chi connectivity index (χ1v) is 8.36. The molecule has 24 heavy (non-hydrogen) atoms. The van der Waals surface area contributed by atoms with Crippen molar-refractivity contribution >= 4 is 40.7 Å². The molecule has 0 atom stereocenters. The zero-order valence-corrected chi connectivity index (χ0v) is 15.3. The molecule has 3 rings (SSSR count). The summed E-state index contributed by atoms with van der Waals surface area (Å²) >= 11 is 10.5. The normalized spacial score (nSPS) is 16.0. The molecule has 1 aromatic heterocycles. The second kappa shape index (κ2) is 6.75. The van der Waals surface area contributed by atoms with E-state index in [1.165, 1.54) is 0 Å². The second-order valence-electron chi connectivity index (χ2n) is 5.28. The van der Waals surface area contributed by atoms with Gasteiger partial charge in [-0.1, -0.05) is 24.4 Å². The fourth-order valence-corrected chi connectivity index (χ4v) is 3.28. The van der Waals surface area contributed by atoms with Crippen LogP contribution < -0.4 is 4.74 Å². The summed E-state index contributed by atoms with van der Waals surface area (Å²) in [7, 11) is 1.66. The van der Waals surface area contributed by atoms with Crippen LogP contribution in [0.15, 0.2) is 40.5 Å². The van der Waals surface area contributed by atoms with E-state index < -0.39 is 0 Å². The van der Waals surface area contributed by atoms with E-state index in [2.05, 4.69) is 0 Å². The molecule has 6 heteroatoms. The summed E-state index contributed by atoms with van der Waals surface area (Å²) in [6.45, 7) is 4.65. The van der Waals surface area contributed by atoms with E-state index in [1.807, 2.05) is 44.2 Å². The van der Waals surface area contributed by atoms with Gasteiger partial charge in [-0.3, -0.25) is 4.90 Å². The fourth-order valence-electron chi connectivity index (χ4n) is 2.59. The Labute approximate surface area is 151 Å². The molecule has 0 amide bonds. The number of para-hydroxylation sites is 1. The first-order valence-electron chi connectivity index (χ1n) is 7.54. The zero-order chi connectivity index (χ0) is 17.3. The highest BCUT2D eigenvalue weighted by Crippen LogP contribution is 2.34. The molecule has 0 bridgehead atoms. The summed E-state index contributed by atoms with van der Waals surface area (Å²) in [6, 6.07) is 9.71. The van der Waals surface area contributed by atoms with Crippen LogP contribution in [-0.4, -0.2) is 28.7 Å². The molecule has 0 unspecified atom stereocenters. The van der Waals surface area contributed by atoms with Gasteiger partial charge in [-0.2, -0.15) is 0 Å². The van der Waals surface area contributed by atoms with Crippen LogP contribution in [0, 0.1) is 6.92 Å². The van der Waals surface area contributed by atoms with Crippen molar-refractivity contribution in [1.82, 2.24) is 4.90 Å². The Bertz CT molecular complexity index is 839. The molecular formula is C18H17NO3S2. The van der Waals surface area contributed by atoms with E-state index in [9.17, 15) is 0 Å². The first-order chi connectivity index (χ1) is 11.5. The number of hydrogen-bond donors (Lipinski definition) is 0. The van der Waals surface area contributed by atoms with Gasteiger partial charge in [0.05, 0.1) is 12.7 Å². The lowest BCUT2D eigenvalue weighted by Gasteiger charge is -2.09. The predicted molar refractivity (Wildman–Crippen MR) is 102 cm³/mol. The Balaban J connectivity index is 1.93. The highest BCUT2D eigenvalue weighted by atomic mass is 32.1. The highest BCUT2D eigenvalue weighted by Gasteiger charge is 2.28. The summed E-state index contributed by atoms with van der Waals surface area (Å²) < 4.78 is 17.0. The molecule has 0 saturated carbocycles. The van der Waals surface area contributed by atoms with Crippen LogP contribution in [-0.2, 0) is 4.74 Å². The van der Waals surface area contributed by atoms with Crippen LogP contribution in [0.5, 0.6) is 5.75 Å². The minimum absolute atomic E-state index is 0.376. The summed E-state index contributed by atoms with van der Waals surface area (Å²) in [5.74, 6) is 2.71.